The molecule has 0 aliphatic carbocycles. The minimum atomic E-state index is -0.498. The van der Waals surface area contributed by atoms with Gasteiger partial charge in [0.1, 0.15) is 17.8 Å². The SMILES string of the molecule is CCCCC(=O)CC(=O)OC(C)(C)C. The summed E-state index contributed by atoms with van der Waals surface area (Å²) in [4.78, 5) is 22.4. The lowest BCUT2D eigenvalue weighted by molar-refractivity contribution is -0.156. The van der Waals surface area contributed by atoms with Crippen LogP contribution >= 0.6 is 0 Å². The van der Waals surface area contributed by atoms with Gasteiger partial charge < -0.3 is 4.74 Å². The first-order chi connectivity index (χ1) is 6.35. The lowest BCUT2D eigenvalue weighted by atomic mass is 10.1. The lowest BCUT2D eigenvalue weighted by Gasteiger charge is -2.19. The summed E-state index contributed by atoms with van der Waals surface area (Å²) in [5.74, 6) is -0.445. The maximum Gasteiger partial charge on any atom is 0.313 e. The van der Waals surface area contributed by atoms with Gasteiger partial charge in [0, 0.05) is 6.42 Å². The van der Waals surface area contributed by atoms with E-state index in [4.69, 9.17) is 4.74 Å². The van der Waals surface area contributed by atoms with Gasteiger partial charge in [-0.3, -0.25) is 9.59 Å². The van der Waals surface area contributed by atoms with Crippen molar-refractivity contribution in [1.29, 1.82) is 0 Å². The Morgan fingerprint density at radius 2 is 1.79 bits per heavy atom. The molecule has 3 nitrogen and oxygen atoms in total. The van der Waals surface area contributed by atoms with Gasteiger partial charge in [0.25, 0.3) is 0 Å². The van der Waals surface area contributed by atoms with E-state index in [1.165, 1.54) is 0 Å². The van der Waals surface area contributed by atoms with Crippen molar-refractivity contribution >= 4 is 11.8 Å². The molecule has 0 atom stereocenters. The van der Waals surface area contributed by atoms with Crippen molar-refractivity contribution in [3.63, 3.8) is 0 Å². The Hall–Kier alpha value is -0.860. The average Bonchev–Trinajstić information content (AvgIpc) is 1.96. The van der Waals surface area contributed by atoms with Crippen LogP contribution in [-0.4, -0.2) is 17.4 Å². The van der Waals surface area contributed by atoms with E-state index >= 15 is 0 Å². The first-order valence-corrected chi connectivity index (χ1v) is 5.08. The van der Waals surface area contributed by atoms with Crippen molar-refractivity contribution in [1.82, 2.24) is 0 Å². The molecule has 0 spiro atoms. The van der Waals surface area contributed by atoms with Crippen LogP contribution in [0.5, 0.6) is 0 Å². The third-order valence-electron chi connectivity index (χ3n) is 1.57. The molecule has 0 fully saturated rings. The summed E-state index contributed by atoms with van der Waals surface area (Å²) in [6.07, 6.45) is 2.22. The number of ether oxygens (including phenoxy) is 1. The number of hydrogen-bond donors (Lipinski definition) is 0. The van der Waals surface area contributed by atoms with E-state index in [0.717, 1.165) is 12.8 Å². The Kier molecular flexibility index (Phi) is 5.43. The van der Waals surface area contributed by atoms with Crippen LogP contribution in [0.25, 0.3) is 0 Å². The monoisotopic (exact) mass is 200 g/mol. The summed E-state index contributed by atoms with van der Waals surface area (Å²) < 4.78 is 5.03. The van der Waals surface area contributed by atoms with Crippen molar-refractivity contribution < 1.29 is 14.3 Å². The zero-order valence-electron chi connectivity index (χ0n) is 9.55. The Balaban J connectivity index is 3.78. The molecular weight excluding hydrogens is 180 g/mol. The standard InChI is InChI=1S/C11H20O3/c1-5-6-7-9(12)8-10(13)14-11(2,3)4/h5-8H2,1-4H3. The molecule has 0 radical (unpaired) electrons. The summed E-state index contributed by atoms with van der Waals surface area (Å²) in [5.41, 5.74) is -0.498. The van der Waals surface area contributed by atoms with E-state index < -0.39 is 11.6 Å². The van der Waals surface area contributed by atoms with Gasteiger partial charge in [0.2, 0.25) is 0 Å². The fraction of sp³-hybridized carbons (Fsp3) is 0.818. The molecule has 0 saturated carbocycles. The fourth-order valence-corrected chi connectivity index (χ4v) is 1.00. The van der Waals surface area contributed by atoms with Gasteiger partial charge in [-0.1, -0.05) is 13.3 Å². The number of unbranched alkanes of at least 4 members (excludes halogenated alkanes) is 1. The van der Waals surface area contributed by atoms with E-state index in [1.807, 2.05) is 6.92 Å². The largest absolute Gasteiger partial charge is 0.460 e. The molecule has 3 heteroatoms. The zero-order chi connectivity index (χ0) is 11.2. The zero-order valence-corrected chi connectivity index (χ0v) is 9.55. The van der Waals surface area contributed by atoms with Crippen LogP contribution in [0, 0.1) is 0 Å². The fourth-order valence-electron chi connectivity index (χ4n) is 1.00. The van der Waals surface area contributed by atoms with E-state index in [-0.39, 0.29) is 12.2 Å². The molecule has 0 saturated heterocycles. The molecule has 0 amide bonds. The molecule has 0 unspecified atom stereocenters. The Bertz CT molecular complexity index is 201. The Morgan fingerprint density at radius 1 is 1.21 bits per heavy atom. The highest BCUT2D eigenvalue weighted by atomic mass is 16.6. The second kappa shape index (κ2) is 5.78. The number of esters is 1. The molecular formula is C11H20O3. The number of rotatable bonds is 5. The molecule has 14 heavy (non-hydrogen) atoms. The van der Waals surface area contributed by atoms with Crippen LogP contribution in [0.4, 0.5) is 0 Å². The summed E-state index contributed by atoms with van der Waals surface area (Å²) in [6.45, 7) is 7.39. The molecule has 0 aliphatic heterocycles. The maximum absolute atomic E-state index is 11.2. The molecule has 0 aromatic rings. The van der Waals surface area contributed by atoms with Crippen molar-refractivity contribution in [2.75, 3.05) is 0 Å². The lowest BCUT2D eigenvalue weighted by Crippen LogP contribution is -2.25. The number of carbonyl (C=O) groups excluding carboxylic acids is 2. The van der Waals surface area contributed by atoms with E-state index in [1.54, 1.807) is 20.8 Å². The second-order valence-electron chi connectivity index (χ2n) is 4.41. The first-order valence-electron chi connectivity index (χ1n) is 5.08. The molecule has 0 bridgehead atoms. The van der Waals surface area contributed by atoms with Crippen molar-refractivity contribution in [2.24, 2.45) is 0 Å². The van der Waals surface area contributed by atoms with Crippen LogP contribution < -0.4 is 0 Å². The highest BCUT2D eigenvalue weighted by molar-refractivity contribution is 5.95. The van der Waals surface area contributed by atoms with Gasteiger partial charge in [0.05, 0.1) is 0 Å². The minimum absolute atomic E-state index is 0.0268. The van der Waals surface area contributed by atoms with Gasteiger partial charge >= 0.3 is 5.97 Å². The van der Waals surface area contributed by atoms with E-state index in [0.29, 0.717) is 6.42 Å². The summed E-state index contributed by atoms with van der Waals surface area (Å²) in [7, 11) is 0. The maximum atomic E-state index is 11.2. The van der Waals surface area contributed by atoms with Crippen LogP contribution in [0.3, 0.4) is 0 Å². The third-order valence-corrected chi connectivity index (χ3v) is 1.57. The summed E-state index contributed by atoms with van der Waals surface area (Å²) >= 11 is 0. The van der Waals surface area contributed by atoms with Crippen LogP contribution in [0.15, 0.2) is 0 Å². The number of Topliss-reactive ketones (excluding diaryl/α,β-unsaturated/α-hetero) is 1. The first kappa shape index (κ1) is 13.1. The van der Waals surface area contributed by atoms with Gasteiger partial charge in [0.15, 0.2) is 0 Å². The van der Waals surface area contributed by atoms with Crippen LogP contribution in [0.1, 0.15) is 53.4 Å². The molecule has 0 N–H and O–H groups in total. The Morgan fingerprint density at radius 3 is 2.21 bits per heavy atom. The highest BCUT2D eigenvalue weighted by Crippen LogP contribution is 2.09. The van der Waals surface area contributed by atoms with Crippen molar-refractivity contribution in [2.45, 2.75) is 59.0 Å². The number of ketones is 1. The third kappa shape index (κ3) is 7.77. The minimum Gasteiger partial charge on any atom is -0.460 e. The van der Waals surface area contributed by atoms with Gasteiger partial charge in [-0.2, -0.15) is 0 Å². The molecule has 0 heterocycles. The number of hydrogen-bond acceptors (Lipinski definition) is 3. The van der Waals surface area contributed by atoms with Crippen LogP contribution in [0.2, 0.25) is 0 Å². The van der Waals surface area contributed by atoms with Crippen LogP contribution in [-0.2, 0) is 14.3 Å². The smallest absolute Gasteiger partial charge is 0.313 e. The summed E-state index contributed by atoms with van der Waals surface area (Å²) in [6, 6.07) is 0. The molecule has 0 aromatic carbocycles. The van der Waals surface area contributed by atoms with E-state index in [2.05, 4.69) is 0 Å². The summed E-state index contributed by atoms with van der Waals surface area (Å²) in [5, 5.41) is 0. The molecule has 0 rings (SSSR count). The second-order valence-corrected chi connectivity index (χ2v) is 4.41. The van der Waals surface area contributed by atoms with Crippen molar-refractivity contribution in [3.05, 3.63) is 0 Å². The molecule has 0 aliphatic rings. The average molecular weight is 200 g/mol. The predicted octanol–water partition coefficient (Wildman–Crippen LogP) is 2.48. The van der Waals surface area contributed by atoms with Gasteiger partial charge in [-0.25, -0.2) is 0 Å². The van der Waals surface area contributed by atoms with Gasteiger partial charge in [-0.15, -0.1) is 0 Å². The van der Waals surface area contributed by atoms with Gasteiger partial charge in [-0.05, 0) is 27.2 Å². The highest BCUT2D eigenvalue weighted by Gasteiger charge is 2.18. The normalized spacial score (nSPS) is 11.1. The Labute approximate surface area is 85.8 Å². The predicted molar refractivity (Wildman–Crippen MR) is 55.0 cm³/mol. The number of carbonyl (C=O) groups is 2. The van der Waals surface area contributed by atoms with E-state index in [9.17, 15) is 9.59 Å². The molecule has 82 valence electrons. The topological polar surface area (TPSA) is 43.4 Å². The quantitative estimate of drug-likeness (QED) is 0.506. The van der Waals surface area contributed by atoms with Crippen molar-refractivity contribution in [3.8, 4) is 0 Å². The molecule has 0 aromatic heterocycles.